The van der Waals surface area contributed by atoms with E-state index in [-0.39, 0.29) is 12.0 Å². The molecule has 1 aliphatic rings. The van der Waals surface area contributed by atoms with E-state index in [1.54, 1.807) is 18.3 Å². The highest BCUT2D eigenvalue weighted by molar-refractivity contribution is 5.93. The molecule has 0 bridgehead atoms. The van der Waals surface area contributed by atoms with Crippen LogP contribution in [0.25, 0.3) is 11.1 Å². The molecule has 1 saturated heterocycles. The number of hydrogen-bond acceptors (Lipinski definition) is 7. The van der Waals surface area contributed by atoms with E-state index in [0.29, 0.717) is 37.8 Å². The molecule has 0 aliphatic carbocycles. The van der Waals surface area contributed by atoms with Crippen molar-refractivity contribution in [2.45, 2.75) is 20.0 Å². The van der Waals surface area contributed by atoms with Crippen LogP contribution in [0.1, 0.15) is 36.0 Å². The SMILES string of the molecule is CCN(CC)CC(=O)N1CCOC(c2nc(N(C)C)ncc2-c2ccc(C(N)=O)cc2)C1. The van der Waals surface area contributed by atoms with Crippen LogP contribution in [-0.2, 0) is 9.53 Å². The van der Waals surface area contributed by atoms with Gasteiger partial charge >= 0.3 is 0 Å². The Balaban J connectivity index is 1.91. The van der Waals surface area contributed by atoms with Crippen molar-refractivity contribution in [3.8, 4) is 11.1 Å². The van der Waals surface area contributed by atoms with Crippen molar-refractivity contribution in [2.75, 3.05) is 58.3 Å². The zero-order chi connectivity index (χ0) is 23.3. The molecule has 0 saturated carbocycles. The van der Waals surface area contributed by atoms with E-state index in [0.717, 1.165) is 29.9 Å². The summed E-state index contributed by atoms with van der Waals surface area (Å²) in [6.45, 7) is 7.60. The van der Waals surface area contributed by atoms with Crippen molar-refractivity contribution >= 4 is 17.8 Å². The Kier molecular flexibility index (Phi) is 7.76. The predicted octanol–water partition coefficient (Wildman–Crippen LogP) is 1.55. The second-order valence-corrected chi connectivity index (χ2v) is 7.97. The van der Waals surface area contributed by atoms with E-state index in [9.17, 15) is 9.59 Å². The van der Waals surface area contributed by atoms with Gasteiger partial charge in [0, 0.05) is 38.0 Å². The van der Waals surface area contributed by atoms with Gasteiger partial charge in [0.2, 0.25) is 17.8 Å². The highest BCUT2D eigenvalue weighted by Crippen LogP contribution is 2.31. The number of amides is 2. The largest absolute Gasteiger partial charge is 0.368 e. The predicted molar refractivity (Wildman–Crippen MR) is 123 cm³/mol. The average molecular weight is 441 g/mol. The summed E-state index contributed by atoms with van der Waals surface area (Å²) in [6, 6.07) is 7.01. The lowest BCUT2D eigenvalue weighted by Gasteiger charge is -2.34. The van der Waals surface area contributed by atoms with E-state index in [2.05, 4.69) is 23.7 Å². The number of carbonyl (C=O) groups excluding carboxylic acids is 2. The van der Waals surface area contributed by atoms with E-state index in [1.165, 1.54) is 0 Å². The molecule has 32 heavy (non-hydrogen) atoms. The van der Waals surface area contributed by atoms with Gasteiger partial charge in [0.15, 0.2) is 0 Å². The van der Waals surface area contributed by atoms with Gasteiger partial charge in [-0.25, -0.2) is 9.97 Å². The number of anilines is 1. The van der Waals surface area contributed by atoms with Crippen LogP contribution < -0.4 is 10.6 Å². The van der Waals surface area contributed by atoms with Crippen LogP contribution in [0.5, 0.6) is 0 Å². The summed E-state index contributed by atoms with van der Waals surface area (Å²) in [7, 11) is 3.75. The summed E-state index contributed by atoms with van der Waals surface area (Å²) in [5, 5.41) is 0. The monoisotopic (exact) mass is 440 g/mol. The molecule has 9 nitrogen and oxygen atoms in total. The fraction of sp³-hybridized carbons (Fsp3) is 0.478. The number of aromatic nitrogens is 2. The molecule has 1 aromatic carbocycles. The van der Waals surface area contributed by atoms with Gasteiger partial charge in [-0.3, -0.25) is 14.5 Å². The summed E-state index contributed by atoms with van der Waals surface area (Å²) in [4.78, 5) is 39.3. The lowest BCUT2D eigenvalue weighted by molar-refractivity contribution is -0.140. The first-order valence-electron chi connectivity index (χ1n) is 10.9. The molecule has 2 amide bonds. The number of likely N-dealkylation sites (N-methyl/N-ethyl adjacent to an activating group) is 1. The van der Waals surface area contributed by atoms with Gasteiger partial charge in [-0.05, 0) is 30.8 Å². The Hall–Kier alpha value is -3.04. The number of benzene rings is 1. The molecule has 2 aromatic rings. The quantitative estimate of drug-likeness (QED) is 0.664. The van der Waals surface area contributed by atoms with Crippen molar-refractivity contribution in [1.29, 1.82) is 0 Å². The molecule has 1 fully saturated rings. The number of ether oxygens (including phenoxy) is 1. The number of carbonyl (C=O) groups is 2. The van der Waals surface area contributed by atoms with Crippen LogP contribution in [0.15, 0.2) is 30.5 Å². The summed E-state index contributed by atoms with van der Waals surface area (Å²) < 4.78 is 6.07. The third-order valence-corrected chi connectivity index (χ3v) is 5.66. The van der Waals surface area contributed by atoms with Crippen molar-refractivity contribution in [3.05, 3.63) is 41.7 Å². The molecular formula is C23H32N6O3. The van der Waals surface area contributed by atoms with Crippen LogP contribution in [0.2, 0.25) is 0 Å². The zero-order valence-corrected chi connectivity index (χ0v) is 19.2. The summed E-state index contributed by atoms with van der Waals surface area (Å²) >= 11 is 0. The Morgan fingerprint density at radius 1 is 1.19 bits per heavy atom. The summed E-state index contributed by atoms with van der Waals surface area (Å²) in [6.07, 6.45) is 1.38. The minimum Gasteiger partial charge on any atom is -0.368 e. The Morgan fingerprint density at radius 3 is 2.47 bits per heavy atom. The number of rotatable bonds is 8. The van der Waals surface area contributed by atoms with Gasteiger partial charge in [-0.2, -0.15) is 0 Å². The molecule has 1 atom stereocenters. The standard InChI is InChI=1S/C23H32N6O3/c1-5-28(6-2)15-20(30)29-11-12-32-19(14-29)21-18(13-25-23(26-21)27(3)4)16-7-9-17(10-8-16)22(24)31/h7-10,13,19H,5-6,11-12,14-15H2,1-4H3,(H2,24,31). The second kappa shape index (κ2) is 10.5. The van der Waals surface area contributed by atoms with E-state index >= 15 is 0 Å². The fourth-order valence-corrected chi connectivity index (χ4v) is 3.66. The second-order valence-electron chi connectivity index (χ2n) is 7.97. The molecule has 3 rings (SSSR count). The van der Waals surface area contributed by atoms with E-state index < -0.39 is 5.91 Å². The first-order chi connectivity index (χ1) is 15.3. The van der Waals surface area contributed by atoms with Crippen LogP contribution >= 0.6 is 0 Å². The minimum atomic E-state index is -0.478. The highest BCUT2D eigenvalue weighted by atomic mass is 16.5. The molecule has 1 aromatic heterocycles. The van der Waals surface area contributed by atoms with Crippen LogP contribution in [0.3, 0.4) is 0 Å². The normalized spacial score (nSPS) is 16.3. The number of hydrogen-bond donors (Lipinski definition) is 1. The smallest absolute Gasteiger partial charge is 0.248 e. The lowest BCUT2D eigenvalue weighted by atomic mass is 10.00. The summed E-state index contributed by atoms with van der Waals surface area (Å²) in [5.41, 5.74) is 8.18. The van der Waals surface area contributed by atoms with Crippen molar-refractivity contribution in [3.63, 3.8) is 0 Å². The Bertz CT molecular complexity index is 943. The van der Waals surface area contributed by atoms with Gasteiger partial charge in [0.1, 0.15) is 6.10 Å². The topological polar surface area (TPSA) is 105 Å². The molecule has 2 N–H and O–H groups in total. The number of morpholine rings is 1. The third-order valence-electron chi connectivity index (χ3n) is 5.66. The van der Waals surface area contributed by atoms with Crippen molar-refractivity contribution < 1.29 is 14.3 Å². The number of primary amides is 1. The first kappa shape index (κ1) is 23.6. The zero-order valence-electron chi connectivity index (χ0n) is 19.2. The van der Waals surface area contributed by atoms with Crippen LogP contribution in [0, 0.1) is 0 Å². The van der Waals surface area contributed by atoms with Gasteiger partial charge in [-0.15, -0.1) is 0 Å². The first-order valence-corrected chi connectivity index (χ1v) is 10.9. The maximum Gasteiger partial charge on any atom is 0.248 e. The van der Waals surface area contributed by atoms with Gasteiger partial charge in [0.25, 0.3) is 0 Å². The van der Waals surface area contributed by atoms with E-state index in [4.69, 9.17) is 15.5 Å². The number of nitrogens with two attached hydrogens (primary N) is 1. The van der Waals surface area contributed by atoms with Gasteiger partial charge < -0.3 is 20.3 Å². The molecule has 172 valence electrons. The van der Waals surface area contributed by atoms with Crippen LogP contribution in [-0.4, -0.2) is 85.0 Å². The highest BCUT2D eigenvalue weighted by Gasteiger charge is 2.29. The van der Waals surface area contributed by atoms with Crippen LogP contribution in [0.4, 0.5) is 5.95 Å². The minimum absolute atomic E-state index is 0.0938. The molecule has 0 spiro atoms. The van der Waals surface area contributed by atoms with Crippen molar-refractivity contribution in [1.82, 2.24) is 19.8 Å². The number of nitrogens with zero attached hydrogens (tertiary/aromatic N) is 5. The Morgan fingerprint density at radius 2 is 1.88 bits per heavy atom. The average Bonchev–Trinajstić information content (AvgIpc) is 2.82. The molecule has 1 aliphatic heterocycles. The molecule has 1 unspecified atom stereocenters. The third kappa shape index (κ3) is 5.41. The van der Waals surface area contributed by atoms with Gasteiger partial charge in [0.05, 0.1) is 25.4 Å². The Labute approximate surface area is 189 Å². The maximum absolute atomic E-state index is 12.9. The van der Waals surface area contributed by atoms with E-state index in [1.807, 2.05) is 36.0 Å². The van der Waals surface area contributed by atoms with Crippen molar-refractivity contribution in [2.24, 2.45) is 5.73 Å². The summed E-state index contributed by atoms with van der Waals surface area (Å²) in [5.74, 6) is 0.179. The lowest BCUT2D eigenvalue weighted by Crippen LogP contribution is -2.46. The molecule has 0 radical (unpaired) electrons. The maximum atomic E-state index is 12.9. The van der Waals surface area contributed by atoms with Gasteiger partial charge in [-0.1, -0.05) is 26.0 Å². The molecular weight excluding hydrogens is 408 g/mol. The fourth-order valence-electron chi connectivity index (χ4n) is 3.66. The molecule has 9 heteroatoms. The molecule has 2 heterocycles.